The fourth-order valence-corrected chi connectivity index (χ4v) is 3.84. The molecule has 0 spiro atoms. The van der Waals surface area contributed by atoms with E-state index in [2.05, 4.69) is 20.9 Å². The molecule has 3 nitrogen and oxygen atoms in total. The summed E-state index contributed by atoms with van der Waals surface area (Å²) in [6.07, 6.45) is 5.70. The van der Waals surface area contributed by atoms with E-state index in [-0.39, 0.29) is 11.9 Å². The second-order valence-electron chi connectivity index (χ2n) is 4.55. The summed E-state index contributed by atoms with van der Waals surface area (Å²) in [6, 6.07) is 7.95. The predicted molar refractivity (Wildman–Crippen MR) is 79.3 cm³/mol. The molecule has 0 bridgehead atoms. The van der Waals surface area contributed by atoms with Crippen LogP contribution in [0, 0.1) is 0 Å². The molecule has 1 fully saturated rings. The molecule has 0 aliphatic carbocycles. The molecular weight excluding hydrogens is 324 g/mol. The second-order valence-corrected chi connectivity index (χ2v) is 7.01. The molecule has 19 heavy (non-hydrogen) atoms. The van der Waals surface area contributed by atoms with Gasteiger partial charge in [0.2, 0.25) is 0 Å². The van der Waals surface area contributed by atoms with Crippen LogP contribution < -0.4 is 0 Å². The Morgan fingerprint density at radius 3 is 3.00 bits per heavy atom. The van der Waals surface area contributed by atoms with Crippen LogP contribution in [0.4, 0.5) is 0 Å². The number of hydrogen-bond acceptors (Lipinski definition) is 3. The van der Waals surface area contributed by atoms with Gasteiger partial charge in [0.05, 0.1) is 14.7 Å². The Balaban J connectivity index is 1.86. The highest BCUT2D eigenvalue weighted by atomic mass is 79.9. The third-order valence-electron chi connectivity index (χ3n) is 3.37. The molecule has 0 aromatic carbocycles. The van der Waals surface area contributed by atoms with Crippen molar-refractivity contribution in [3.8, 4) is 0 Å². The molecule has 3 rings (SSSR count). The number of pyridine rings is 1. The maximum absolute atomic E-state index is 12.5. The molecule has 0 saturated carbocycles. The predicted octanol–water partition coefficient (Wildman–Crippen LogP) is 3.88. The molecule has 3 heterocycles. The molecule has 1 aliphatic rings. The molecule has 2 aromatic heterocycles. The fourth-order valence-electron chi connectivity index (χ4n) is 2.50. The smallest absolute Gasteiger partial charge is 0.264 e. The number of rotatable bonds is 2. The normalized spacial score (nSPS) is 18.8. The van der Waals surface area contributed by atoms with Gasteiger partial charge in [-0.25, -0.2) is 0 Å². The Labute approximate surface area is 124 Å². The Morgan fingerprint density at radius 2 is 2.32 bits per heavy atom. The van der Waals surface area contributed by atoms with Gasteiger partial charge in [0, 0.05) is 18.9 Å². The van der Waals surface area contributed by atoms with Gasteiger partial charge in [-0.05, 0) is 52.5 Å². The molecule has 1 saturated heterocycles. The van der Waals surface area contributed by atoms with E-state index in [1.807, 2.05) is 35.4 Å². The first-order valence-corrected chi connectivity index (χ1v) is 7.83. The second kappa shape index (κ2) is 5.43. The number of halogens is 1. The average Bonchev–Trinajstić information content (AvgIpc) is 3.07. The number of thiophene rings is 1. The van der Waals surface area contributed by atoms with Crippen LogP contribution in [0.2, 0.25) is 0 Å². The van der Waals surface area contributed by atoms with Gasteiger partial charge in [0.15, 0.2) is 0 Å². The van der Waals surface area contributed by atoms with E-state index >= 15 is 0 Å². The summed E-state index contributed by atoms with van der Waals surface area (Å²) >= 11 is 4.90. The van der Waals surface area contributed by atoms with Crippen molar-refractivity contribution in [2.24, 2.45) is 0 Å². The Hall–Kier alpha value is -1.20. The minimum Gasteiger partial charge on any atom is -0.331 e. The van der Waals surface area contributed by atoms with Crippen molar-refractivity contribution in [1.82, 2.24) is 9.88 Å². The molecule has 2 aromatic rings. The number of hydrogen-bond donors (Lipinski definition) is 0. The zero-order valence-electron chi connectivity index (χ0n) is 10.3. The van der Waals surface area contributed by atoms with Gasteiger partial charge in [-0.15, -0.1) is 11.3 Å². The standard InChI is InChI=1S/C14H13BrN2OS/c15-13-6-5-12(19-13)14(18)17-8-2-4-11(17)10-3-1-7-16-9-10/h1,3,5-7,9,11H,2,4,8H2. The first kappa shape index (κ1) is 12.8. The van der Waals surface area contributed by atoms with E-state index in [0.29, 0.717) is 0 Å². The quantitative estimate of drug-likeness (QED) is 0.833. The van der Waals surface area contributed by atoms with Crippen LogP contribution in [-0.4, -0.2) is 22.3 Å². The Bertz CT molecular complexity index is 584. The highest BCUT2D eigenvalue weighted by Gasteiger charge is 2.31. The molecule has 98 valence electrons. The summed E-state index contributed by atoms with van der Waals surface area (Å²) in [4.78, 5) is 19.5. The minimum absolute atomic E-state index is 0.127. The van der Waals surface area contributed by atoms with E-state index in [0.717, 1.165) is 33.6 Å². The zero-order chi connectivity index (χ0) is 13.2. The first-order chi connectivity index (χ1) is 9.25. The monoisotopic (exact) mass is 336 g/mol. The number of carbonyl (C=O) groups excluding carboxylic acids is 1. The lowest BCUT2D eigenvalue weighted by Crippen LogP contribution is -2.29. The first-order valence-electron chi connectivity index (χ1n) is 6.22. The van der Waals surface area contributed by atoms with Crippen molar-refractivity contribution < 1.29 is 4.79 Å². The van der Waals surface area contributed by atoms with E-state index in [1.54, 1.807) is 6.20 Å². The Morgan fingerprint density at radius 1 is 1.42 bits per heavy atom. The topological polar surface area (TPSA) is 33.2 Å². The molecule has 1 amide bonds. The van der Waals surface area contributed by atoms with Gasteiger partial charge in [-0.2, -0.15) is 0 Å². The number of amides is 1. The zero-order valence-corrected chi connectivity index (χ0v) is 12.7. The SMILES string of the molecule is O=C(c1ccc(Br)s1)N1CCCC1c1cccnc1. The lowest BCUT2D eigenvalue weighted by atomic mass is 10.1. The fraction of sp³-hybridized carbons (Fsp3) is 0.286. The van der Waals surface area contributed by atoms with Crippen molar-refractivity contribution in [3.63, 3.8) is 0 Å². The molecule has 0 N–H and O–H groups in total. The van der Waals surface area contributed by atoms with Crippen LogP contribution in [0.3, 0.4) is 0 Å². The van der Waals surface area contributed by atoms with Gasteiger partial charge < -0.3 is 4.90 Å². The molecule has 1 atom stereocenters. The molecule has 5 heteroatoms. The summed E-state index contributed by atoms with van der Waals surface area (Å²) in [5.41, 5.74) is 1.13. The number of aromatic nitrogens is 1. The molecule has 0 radical (unpaired) electrons. The van der Waals surface area contributed by atoms with E-state index in [1.165, 1.54) is 11.3 Å². The van der Waals surface area contributed by atoms with Gasteiger partial charge in [0.1, 0.15) is 0 Å². The summed E-state index contributed by atoms with van der Waals surface area (Å²) in [6.45, 7) is 0.827. The van der Waals surface area contributed by atoms with Crippen molar-refractivity contribution in [2.75, 3.05) is 6.54 Å². The third kappa shape index (κ3) is 2.58. The summed E-state index contributed by atoms with van der Waals surface area (Å²) in [5.74, 6) is 0.127. The Kier molecular flexibility index (Phi) is 3.66. The lowest BCUT2D eigenvalue weighted by Gasteiger charge is -2.24. The summed E-state index contributed by atoms with van der Waals surface area (Å²) in [5, 5.41) is 0. The van der Waals surface area contributed by atoms with Crippen LogP contribution >= 0.6 is 27.3 Å². The molecule has 1 aliphatic heterocycles. The number of nitrogens with zero attached hydrogens (tertiary/aromatic N) is 2. The summed E-state index contributed by atoms with van der Waals surface area (Å²) < 4.78 is 0.993. The number of likely N-dealkylation sites (tertiary alicyclic amines) is 1. The largest absolute Gasteiger partial charge is 0.331 e. The molecular formula is C14H13BrN2OS. The van der Waals surface area contributed by atoms with Crippen LogP contribution in [-0.2, 0) is 0 Å². The van der Waals surface area contributed by atoms with Crippen LogP contribution in [0.5, 0.6) is 0 Å². The average molecular weight is 337 g/mol. The lowest BCUT2D eigenvalue weighted by molar-refractivity contribution is 0.0740. The maximum Gasteiger partial charge on any atom is 0.264 e. The van der Waals surface area contributed by atoms with Crippen molar-refractivity contribution >= 4 is 33.2 Å². The van der Waals surface area contributed by atoms with E-state index in [4.69, 9.17) is 0 Å². The van der Waals surface area contributed by atoms with Crippen molar-refractivity contribution in [2.45, 2.75) is 18.9 Å². The molecule has 1 unspecified atom stereocenters. The van der Waals surface area contributed by atoms with Crippen molar-refractivity contribution in [3.05, 3.63) is 50.9 Å². The maximum atomic E-state index is 12.5. The van der Waals surface area contributed by atoms with Crippen LogP contribution in [0.25, 0.3) is 0 Å². The van der Waals surface area contributed by atoms with Gasteiger partial charge in [0.25, 0.3) is 5.91 Å². The van der Waals surface area contributed by atoms with Gasteiger partial charge in [-0.1, -0.05) is 6.07 Å². The third-order valence-corrected chi connectivity index (χ3v) is 4.98. The van der Waals surface area contributed by atoms with E-state index < -0.39 is 0 Å². The van der Waals surface area contributed by atoms with Gasteiger partial charge >= 0.3 is 0 Å². The van der Waals surface area contributed by atoms with Crippen LogP contribution in [0.1, 0.15) is 34.1 Å². The van der Waals surface area contributed by atoms with Gasteiger partial charge in [-0.3, -0.25) is 9.78 Å². The number of carbonyl (C=O) groups is 1. The highest BCUT2D eigenvalue weighted by molar-refractivity contribution is 9.11. The minimum atomic E-state index is 0.127. The van der Waals surface area contributed by atoms with E-state index in [9.17, 15) is 4.79 Å². The van der Waals surface area contributed by atoms with Crippen LogP contribution in [0.15, 0.2) is 40.4 Å². The van der Waals surface area contributed by atoms with Crippen molar-refractivity contribution in [1.29, 1.82) is 0 Å². The highest BCUT2D eigenvalue weighted by Crippen LogP contribution is 2.34. The summed E-state index contributed by atoms with van der Waals surface area (Å²) in [7, 11) is 0.